The smallest absolute Gasteiger partial charge is 0.327 e. The quantitative estimate of drug-likeness (QED) is 0.625. The summed E-state index contributed by atoms with van der Waals surface area (Å²) >= 11 is 0. The van der Waals surface area contributed by atoms with Gasteiger partial charge in [0.15, 0.2) is 0 Å². The van der Waals surface area contributed by atoms with Crippen LogP contribution in [0.25, 0.3) is 0 Å². The number of nitrogens with one attached hydrogen (secondary N) is 2. The maximum Gasteiger partial charge on any atom is 0.327 e. The number of urea groups is 1. The van der Waals surface area contributed by atoms with Crippen molar-refractivity contribution in [2.24, 2.45) is 0 Å². The van der Waals surface area contributed by atoms with E-state index >= 15 is 0 Å². The number of carbonyl (C=O) groups is 2. The Bertz CT molecular complexity index is 404. The number of terminal acetylenes is 1. The Labute approximate surface area is 112 Å². The van der Waals surface area contributed by atoms with Crippen LogP contribution in [0.3, 0.4) is 0 Å². The van der Waals surface area contributed by atoms with Crippen LogP contribution in [0, 0.1) is 12.3 Å². The predicted molar refractivity (Wildman–Crippen MR) is 69.5 cm³/mol. The number of hydrogen-bond acceptors (Lipinski definition) is 3. The third kappa shape index (κ3) is 3.18. The molecule has 19 heavy (non-hydrogen) atoms. The summed E-state index contributed by atoms with van der Waals surface area (Å²) in [5.41, 5.74) is 0. The molecule has 0 aromatic carbocycles. The minimum atomic E-state index is -1.11. The number of fused-ring (bicyclic) bond motifs is 1. The average Bonchev–Trinajstić information content (AvgIpc) is 2.93. The largest absolute Gasteiger partial charge is 0.480 e. The highest BCUT2D eigenvalue weighted by atomic mass is 16.4. The lowest BCUT2D eigenvalue weighted by molar-refractivity contribution is -0.139. The van der Waals surface area contributed by atoms with Crippen LogP contribution < -0.4 is 10.6 Å². The minimum absolute atomic E-state index is 0.0109. The van der Waals surface area contributed by atoms with Gasteiger partial charge in [-0.1, -0.05) is 0 Å². The predicted octanol–water partition coefficient (Wildman–Crippen LogP) is -0.00120. The second kappa shape index (κ2) is 5.93. The Morgan fingerprint density at radius 1 is 1.42 bits per heavy atom. The lowest BCUT2D eigenvalue weighted by Gasteiger charge is -2.22. The van der Waals surface area contributed by atoms with Gasteiger partial charge in [-0.3, -0.25) is 4.90 Å². The van der Waals surface area contributed by atoms with Gasteiger partial charge >= 0.3 is 12.0 Å². The SMILES string of the molecule is C#CCC(NC(=O)NC1CCN2CCCC12)C(=O)O. The van der Waals surface area contributed by atoms with E-state index in [1.807, 2.05) is 0 Å². The van der Waals surface area contributed by atoms with Gasteiger partial charge in [-0.25, -0.2) is 9.59 Å². The Hall–Kier alpha value is -1.74. The van der Waals surface area contributed by atoms with Crippen molar-refractivity contribution in [3.63, 3.8) is 0 Å². The number of aliphatic carboxylic acids is 1. The van der Waals surface area contributed by atoms with E-state index in [1.54, 1.807) is 0 Å². The van der Waals surface area contributed by atoms with Crippen molar-refractivity contribution in [2.45, 2.75) is 43.8 Å². The third-order valence-corrected chi connectivity index (χ3v) is 3.85. The summed E-state index contributed by atoms with van der Waals surface area (Å²) < 4.78 is 0. The van der Waals surface area contributed by atoms with Gasteiger partial charge in [-0.05, 0) is 25.8 Å². The zero-order chi connectivity index (χ0) is 13.8. The van der Waals surface area contributed by atoms with E-state index in [9.17, 15) is 9.59 Å². The van der Waals surface area contributed by atoms with Crippen molar-refractivity contribution in [2.75, 3.05) is 13.1 Å². The number of amides is 2. The fourth-order valence-electron chi connectivity index (χ4n) is 2.94. The molecular weight excluding hydrogens is 246 g/mol. The average molecular weight is 265 g/mol. The molecule has 2 saturated heterocycles. The van der Waals surface area contributed by atoms with Crippen LogP contribution in [0.1, 0.15) is 25.7 Å². The zero-order valence-corrected chi connectivity index (χ0v) is 10.8. The van der Waals surface area contributed by atoms with Crippen LogP contribution in [-0.2, 0) is 4.79 Å². The molecule has 104 valence electrons. The first-order chi connectivity index (χ1) is 9.11. The zero-order valence-electron chi connectivity index (χ0n) is 10.8. The highest BCUT2D eigenvalue weighted by molar-refractivity contribution is 5.82. The van der Waals surface area contributed by atoms with E-state index in [1.165, 1.54) is 6.42 Å². The summed E-state index contributed by atoms with van der Waals surface area (Å²) in [4.78, 5) is 25.1. The summed E-state index contributed by atoms with van der Waals surface area (Å²) in [6, 6.07) is -0.947. The second-order valence-corrected chi connectivity index (χ2v) is 5.06. The Balaban J connectivity index is 1.84. The molecule has 2 aliphatic heterocycles. The molecule has 0 aromatic heterocycles. The normalized spacial score (nSPS) is 27.3. The van der Waals surface area contributed by atoms with Crippen molar-refractivity contribution in [1.29, 1.82) is 0 Å². The number of rotatable bonds is 4. The molecule has 6 heteroatoms. The molecule has 2 amide bonds. The summed E-state index contributed by atoms with van der Waals surface area (Å²) in [6.45, 7) is 2.10. The van der Waals surface area contributed by atoms with Crippen molar-refractivity contribution < 1.29 is 14.7 Å². The van der Waals surface area contributed by atoms with E-state index in [4.69, 9.17) is 11.5 Å². The number of nitrogens with zero attached hydrogens (tertiary/aromatic N) is 1. The third-order valence-electron chi connectivity index (χ3n) is 3.85. The number of carboxylic acid groups (broad SMARTS) is 1. The fourth-order valence-corrected chi connectivity index (χ4v) is 2.94. The van der Waals surface area contributed by atoms with Crippen molar-refractivity contribution in [1.82, 2.24) is 15.5 Å². The van der Waals surface area contributed by atoms with Gasteiger partial charge in [-0.15, -0.1) is 12.3 Å². The number of carboxylic acids is 1. The molecule has 0 radical (unpaired) electrons. The van der Waals surface area contributed by atoms with Crippen LogP contribution in [-0.4, -0.2) is 53.2 Å². The van der Waals surface area contributed by atoms with Crippen LogP contribution in [0.2, 0.25) is 0 Å². The molecule has 2 fully saturated rings. The summed E-state index contributed by atoms with van der Waals surface area (Å²) in [5.74, 6) is 1.14. The van der Waals surface area contributed by atoms with E-state index in [-0.39, 0.29) is 12.5 Å². The first-order valence-electron chi connectivity index (χ1n) is 6.59. The molecule has 0 aromatic rings. The van der Waals surface area contributed by atoms with Gasteiger partial charge in [0, 0.05) is 25.0 Å². The molecule has 3 N–H and O–H groups in total. The lowest BCUT2D eigenvalue weighted by Crippen LogP contribution is -2.51. The van der Waals surface area contributed by atoms with Crippen LogP contribution in [0.15, 0.2) is 0 Å². The molecule has 2 heterocycles. The van der Waals surface area contributed by atoms with Crippen molar-refractivity contribution >= 4 is 12.0 Å². The summed E-state index contributed by atoms with van der Waals surface area (Å²) in [6.07, 6.45) is 8.26. The first kappa shape index (κ1) is 13.7. The van der Waals surface area contributed by atoms with Gasteiger partial charge in [0.2, 0.25) is 0 Å². The second-order valence-electron chi connectivity index (χ2n) is 5.06. The van der Waals surface area contributed by atoms with E-state index in [2.05, 4.69) is 21.5 Å². The van der Waals surface area contributed by atoms with Gasteiger partial charge in [-0.2, -0.15) is 0 Å². The molecule has 0 spiro atoms. The molecule has 0 saturated carbocycles. The van der Waals surface area contributed by atoms with Gasteiger partial charge in [0.05, 0.1) is 0 Å². The van der Waals surface area contributed by atoms with E-state index in [0.717, 1.165) is 25.9 Å². The number of carbonyl (C=O) groups excluding carboxylic acids is 1. The molecular formula is C13H19N3O3. The maximum atomic E-state index is 11.8. The van der Waals surface area contributed by atoms with Gasteiger partial charge in [0.1, 0.15) is 6.04 Å². The fraction of sp³-hybridized carbons (Fsp3) is 0.692. The molecule has 0 aliphatic carbocycles. The van der Waals surface area contributed by atoms with Gasteiger partial charge < -0.3 is 15.7 Å². The standard InChI is InChI=1S/C13H19N3O3/c1-2-4-10(12(17)18)15-13(19)14-9-6-8-16-7-3-5-11(9)16/h1,9-11H,3-8H2,(H,17,18)(H2,14,15,19). The Kier molecular flexibility index (Phi) is 4.27. The Morgan fingerprint density at radius 2 is 2.21 bits per heavy atom. The van der Waals surface area contributed by atoms with Crippen LogP contribution in [0.4, 0.5) is 4.79 Å². The molecule has 3 unspecified atom stereocenters. The van der Waals surface area contributed by atoms with Crippen LogP contribution in [0.5, 0.6) is 0 Å². The maximum absolute atomic E-state index is 11.8. The topological polar surface area (TPSA) is 81.7 Å². The molecule has 2 aliphatic rings. The van der Waals surface area contributed by atoms with Crippen LogP contribution >= 0.6 is 0 Å². The highest BCUT2D eigenvalue weighted by Gasteiger charge is 2.38. The molecule has 0 bridgehead atoms. The molecule has 3 atom stereocenters. The van der Waals surface area contributed by atoms with Crippen molar-refractivity contribution in [3.8, 4) is 12.3 Å². The molecule has 2 rings (SSSR count). The van der Waals surface area contributed by atoms with E-state index < -0.39 is 18.0 Å². The highest BCUT2D eigenvalue weighted by Crippen LogP contribution is 2.27. The van der Waals surface area contributed by atoms with Crippen molar-refractivity contribution in [3.05, 3.63) is 0 Å². The Morgan fingerprint density at radius 3 is 2.89 bits per heavy atom. The monoisotopic (exact) mass is 265 g/mol. The van der Waals surface area contributed by atoms with Gasteiger partial charge in [0.25, 0.3) is 0 Å². The lowest BCUT2D eigenvalue weighted by atomic mass is 10.1. The minimum Gasteiger partial charge on any atom is -0.480 e. The molecule has 6 nitrogen and oxygen atoms in total. The summed E-state index contributed by atoms with van der Waals surface area (Å²) in [7, 11) is 0. The number of hydrogen-bond donors (Lipinski definition) is 3. The van der Waals surface area contributed by atoms with E-state index in [0.29, 0.717) is 6.04 Å². The first-order valence-corrected chi connectivity index (χ1v) is 6.59. The summed E-state index contributed by atoms with van der Waals surface area (Å²) in [5, 5.41) is 14.2.